The third kappa shape index (κ3) is 4.25. The highest BCUT2D eigenvalue weighted by Gasteiger charge is 2.31. The molecule has 0 unspecified atom stereocenters. The maximum atomic E-state index is 13.5. The lowest BCUT2D eigenvalue weighted by Crippen LogP contribution is -2.47. The zero-order valence-electron chi connectivity index (χ0n) is 11.1. The number of piperazine rings is 1. The number of hydrogen-bond acceptors (Lipinski definition) is 2. The van der Waals surface area contributed by atoms with Crippen LogP contribution < -0.4 is 5.32 Å². The summed E-state index contributed by atoms with van der Waals surface area (Å²) in [5.74, 6) is -0.423. The monoisotopic (exact) mass is 330 g/mol. The van der Waals surface area contributed by atoms with Crippen LogP contribution >= 0.6 is 24.8 Å². The van der Waals surface area contributed by atoms with Gasteiger partial charge in [-0.1, -0.05) is 12.1 Å². The first kappa shape index (κ1) is 19.5. The van der Waals surface area contributed by atoms with Crippen molar-refractivity contribution in [1.29, 1.82) is 0 Å². The molecule has 116 valence electrons. The standard InChI is InChI=1S/C13H17F3N2.2ClH/c1-9-10(3-2-4-11(9)14)12(13(15)16)18-7-5-17-6-8-18;;/h2-4,12-13,17H,5-8H2,1H3;2*1H/t12-;;/m1../s1. The second kappa shape index (κ2) is 8.72. The van der Waals surface area contributed by atoms with E-state index in [0.29, 0.717) is 37.3 Å². The molecule has 0 radical (unpaired) electrons. The molecule has 0 aromatic heterocycles. The maximum Gasteiger partial charge on any atom is 0.258 e. The maximum absolute atomic E-state index is 13.5. The Balaban J connectivity index is 0.00000180. The zero-order valence-corrected chi connectivity index (χ0v) is 12.7. The van der Waals surface area contributed by atoms with E-state index in [9.17, 15) is 13.2 Å². The minimum Gasteiger partial charge on any atom is -0.314 e. The van der Waals surface area contributed by atoms with Gasteiger partial charge in [-0.15, -0.1) is 24.8 Å². The third-order valence-corrected chi connectivity index (χ3v) is 3.41. The van der Waals surface area contributed by atoms with E-state index >= 15 is 0 Å². The van der Waals surface area contributed by atoms with Gasteiger partial charge in [0.1, 0.15) is 5.82 Å². The molecule has 0 spiro atoms. The summed E-state index contributed by atoms with van der Waals surface area (Å²) in [6.07, 6.45) is -2.51. The van der Waals surface area contributed by atoms with Crippen molar-refractivity contribution >= 4 is 24.8 Å². The largest absolute Gasteiger partial charge is 0.314 e. The Kier molecular flexibility index (Phi) is 8.51. The van der Waals surface area contributed by atoms with Crippen LogP contribution in [0.25, 0.3) is 0 Å². The van der Waals surface area contributed by atoms with Gasteiger partial charge in [-0.2, -0.15) is 0 Å². The fourth-order valence-corrected chi connectivity index (χ4v) is 2.40. The van der Waals surface area contributed by atoms with Crippen molar-refractivity contribution in [1.82, 2.24) is 10.2 Å². The summed E-state index contributed by atoms with van der Waals surface area (Å²) in [6, 6.07) is 3.38. The molecule has 1 N–H and O–H groups in total. The zero-order chi connectivity index (χ0) is 13.1. The van der Waals surface area contributed by atoms with Gasteiger partial charge in [0.2, 0.25) is 0 Å². The molecule has 2 nitrogen and oxygen atoms in total. The van der Waals surface area contributed by atoms with Crippen LogP contribution in [0.15, 0.2) is 18.2 Å². The summed E-state index contributed by atoms with van der Waals surface area (Å²) in [4.78, 5) is 1.73. The summed E-state index contributed by atoms with van der Waals surface area (Å²) in [6.45, 7) is 4.06. The number of hydrogen-bond donors (Lipinski definition) is 1. The molecule has 1 aromatic rings. The highest BCUT2D eigenvalue weighted by Crippen LogP contribution is 2.30. The van der Waals surface area contributed by atoms with E-state index in [4.69, 9.17) is 0 Å². The minimum absolute atomic E-state index is 0. The first-order valence-corrected chi connectivity index (χ1v) is 6.09. The SMILES string of the molecule is Cc1c(F)cccc1[C@H](C(F)F)N1CCNCC1.Cl.Cl. The summed E-state index contributed by atoms with van der Waals surface area (Å²) in [5.41, 5.74) is 0.716. The molecule has 1 aliphatic rings. The van der Waals surface area contributed by atoms with E-state index < -0.39 is 18.3 Å². The van der Waals surface area contributed by atoms with Crippen molar-refractivity contribution in [3.63, 3.8) is 0 Å². The summed E-state index contributed by atoms with van der Waals surface area (Å²) >= 11 is 0. The average Bonchev–Trinajstić information content (AvgIpc) is 2.36. The molecule has 0 bridgehead atoms. The van der Waals surface area contributed by atoms with Crippen molar-refractivity contribution in [2.75, 3.05) is 26.2 Å². The van der Waals surface area contributed by atoms with E-state index in [-0.39, 0.29) is 24.8 Å². The molecular formula is C13H19Cl2F3N2. The Morgan fingerprint density at radius 2 is 1.75 bits per heavy atom. The van der Waals surface area contributed by atoms with Crippen LogP contribution in [-0.2, 0) is 0 Å². The molecule has 1 aromatic carbocycles. The Morgan fingerprint density at radius 3 is 2.30 bits per heavy atom. The van der Waals surface area contributed by atoms with Crippen LogP contribution in [0.2, 0.25) is 0 Å². The van der Waals surface area contributed by atoms with Gasteiger partial charge in [-0.3, -0.25) is 4.90 Å². The third-order valence-electron chi connectivity index (χ3n) is 3.41. The summed E-state index contributed by atoms with van der Waals surface area (Å²) in [7, 11) is 0. The molecule has 0 aliphatic carbocycles. The van der Waals surface area contributed by atoms with E-state index in [1.807, 2.05) is 0 Å². The lowest BCUT2D eigenvalue weighted by molar-refractivity contribution is 0.0177. The van der Waals surface area contributed by atoms with Crippen molar-refractivity contribution in [3.8, 4) is 0 Å². The number of halogens is 5. The Hall–Kier alpha value is -0.490. The van der Waals surface area contributed by atoms with Gasteiger partial charge in [-0.05, 0) is 24.1 Å². The molecule has 1 aliphatic heterocycles. The van der Waals surface area contributed by atoms with Crippen molar-refractivity contribution in [2.24, 2.45) is 0 Å². The summed E-state index contributed by atoms with van der Waals surface area (Å²) in [5, 5.41) is 3.13. The van der Waals surface area contributed by atoms with Crippen LogP contribution in [-0.4, -0.2) is 37.5 Å². The Labute approximate surface area is 129 Å². The topological polar surface area (TPSA) is 15.3 Å². The fourth-order valence-electron chi connectivity index (χ4n) is 2.40. The van der Waals surface area contributed by atoms with Crippen LogP contribution in [0.5, 0.6) is 0 Å². The molecule has 1 saturated heterocycles. The lowest BCUT2D eigenvalue weighted by Gasteiger charge is -2.35. The number of nitrogens with one attached hydrogen (secondary N) is 1. The van der Waals surface area contributed by atoms with E-state index in [2.05, 4.69) is 5.32 Å². The minimum atomic E-state index is -2.51. The van der Waals surface area contributed by atoms with E-state index in [1.165, 1.54) is 12.1 Å². The van der Waals surface area contributed by atoms with E-state index in [1.54, 1.807) is 17.9 Å². The molecule has 0 saturated carbocycles. The predicted octanol–water partition coefficient (Wildman–Crippen LogP) is 3.19. The normalized spacial score (nSPS) is 17.2. The number of alkyl halides is 2. The lowest BCUT2D eigenvalue weighted by atomic mass is 9.99. The van der Waals surface area contributed by atoms with Crippen LogP contribution in [0.1, 0.15) is 17.2 Å². The van der Waals surface area contributed by atoms with Gasteiger partial charge in [0.05, 0.1) is 6.04 Å². The molecule has 20 heavy (non-hydrogen) atoms. The number of benzene rings is 1. The molecule has 1 atom stereocenters. The van der Waals surface area contributed by atoms with Crippen molar-refractivity contribution < 1.29 is 13.2 Å². The van der Waals surface area contributed by atoms with Crippen molar-refractivity contribution in [3.05, 3.63) is 35.1 Å². The quantitative estimate of drug-likeness (QED) is 0.915. The average molecular weight is 331 g/mol. The molecule has 1 fully saturated rings. The smallest absolute Gasteiger partial charge is 0.258 e. The van der Waals surface area contributed by atoms with Crippen LogP contribution in [0, 0.1) is 12.7 Å². The second-order valence-corrected chi connectivity index (χ2v) is 4.52. The summed E-state index contributed by atoms with van der Waals surface area (Å²) < 4.78 is 40.1. The van der Waals surface area contributed by atoms with Crippen molar-refractivity contribution in [2.45, 2.75) is 19.4 Å². The van der Waals surface area contributed by atoms with Gasteiger partial charge in [0, 0.05) is 26.2 Å². The van der Waals surface area contributed by atoms with Gasteiger partial charge < -0.3 is 5.32 Å². The fraction of sp³-hybridized carbons (Fsp3) is 0.538. The first-order valence-electron chi connectivity index (χ1n) is 6.09. The number of rotatable bonds is 3. The molecule has 0 amide bonds. The van der Waals surface area contributed by atoms with Crippen LogP contribution in [0.3, 0.4) is 0 Å². The van der Waals surface area contributed by atoms with Gasteiger partial charge in [0.25, 0.3) is 6.43 Å². The van der Waals surface area contributed by atoms with Gasteiger partial charge in [-0.25, -0.2) is 13.2 Å². The first-order chi connectivity index (χ1) is 8.61. The molecule has 7 heteroatoms. The Bertz CT molecular complexity index is 413. The van der Waals surface area contributed by atoms with Gasteiger partial charge >= 0.3 is 0 Å². The predicted molar refractivity (Wildman–Crippen MR) is 78.8 cm³/mol. The second-order valence-electron chi connectivity index (χ2n) is 4.52. The molecule has 1 heterocycles. The highest BCUT2D eigenvalue weighted by molar-refractivity contribution is 5.85. The van der Waals surface area contributed by atoms with Gasteiger partial charge in [0.15, 0.2) is 0 Å². The highest BCUT2D eigenvalue weighted by atomic mass is 35.5. The molecule has 2 rings (SSSR count). The number of nitrogens with zero attached hydrogens (tertiary/aromatic N) is 1. The van der Waals surface area contributed by atoms with E-state index in [0.717, 1.165) is 0 Å². The Morgan fingerprint density at radius 1 is 1.15 bits per heavy atom. The van der Waals surface area contributed by atoms with Crippen LogP contribution in [0.4, 0.5) is 13.2 Å². The molecular weight excluding hydrogens is 312 g/mol.